The van der Waals surface area contributed by atoms with E-state index in [-0.39, 0.29) is 11.1 Å². The molecule has 3 N–H and O–H groups in total. The van der Waals surface area contributed by atoms with E-state index < -0.39 is 23.5 Å². The Balaban J connectivity index is 3.45. The van der Waals surface area contributed by atoms with E-state index in [2.05, 4.69) is 0 Å². The molecule has 0 fully saturated rings. The summed E-state index contributed by atoms with van der Waals surface area (Å²) in [4.78, 5) is 33.1. The van der Waals surface area contributed by atoms with Crippen LogP contribution in [0.4, 0.5) is 0 Å². The highest BCUT2D eigenvalue weighted by Crippen LogP contribution is 2.20. The molecular formula is C13H14O6. The standard InChI is InChI=1S/C13H14O6/c1-2-3-4-7-5-9(12(16)17)10(13(18)19)6-8(7)11(14)15/h5-6H,2-4H2,1H3,(H,14,15)(H,16,17)(H,18,19). The van der Waals surface area contributed by atoms with Gasteiger partial charge in [0.1, 0.15) is 0 Å². The van der Waals surface area contributed by atoms with Crippen molar-refractivity contribution in [3.05, 3.63) is 34.4 Å². The van der Waals surface area contributed by atoms with Crippen LogP contribution in [0.2, 0.25) is 0 Å². The zero-order valence-electron chi connectivity index (χ0n) is 10.3. The minimum absolute atomic E-state index is 0.157. The topological polar surface area (TPSA) is 112 Å². The Bertz CT molecular complexity index is 532. The monoisotopic (exact) mass is 266 g/mol. The number of benzene rings is 1. The van der Waals surface area contributed by atoms with E-state index in [0.29, 0.717) is 18.4 Å². The number of carboxylic acids is 3. The number of hydrogen-bond acceptors (Lipinski definition) is 3. The molecule has 0 atom stereocenters. The van der Waals surface area contributed by atoms with Gasteiger partial charge in [-0.1, -0.05) is 13.3 Å². The fraction of sp³-hybridized carbons (Fsp3) is 0.308. The molecule has 0 bridgehead atoms. The molecular weight excluding hydrogens is 252 g/mol. The molecule has 0 aromatic heterocycles. The number of rotatable bonds is 6. The van der Waals surface area contributed by atoms with Gasteiger partial charge in [0.2, 0.25) is 0 Å². The van der Waals surface area contributed by atoms with Gasteiger partial charge in [-0.15, -0.1) is 0 Å². The van der Waals surface area contributed by atoms with Crippen molar-refractivity contribution in [1.29, 1.82) is 0 Å². The van der Waals surface area contributed by atoms with Gasteiger partial charge in [0.25, 0.3) is 0 Å². The summed E-state index contributed by atoms with van der Waals surface area (Å²) < 4.78 is 0. The van der Waals surface area contributed by atoms with Crippen molar-refractivity contribution in [2.75, 3.05) is 0 Å². The average Bonchev–Trinajstić information content (AvgIpc) is 2.34. The summed E-state index contributed by atoms with van der Waals surface area (Å²) in [6.45, 7) is 1.92. The molecule has 6 heteroatoms. The van der Waals surface area contributed by atoms with Crippen LogP contribution in [0.3, 0.4) is 0 Å². The minimum atomic E-state index is -1.46. The van der Waals surface area contributed by atoms with Crippen LogP contribution in [0.5, 0.6) is 0 Å². The summed E-state index contributed by atoms with van der Waals surface area (Å²) in [6, 6.07) is 2.06. The van der Waals surface area contributed by atoms with Crippen LogP contribution in [0.1, 0.15) is 56.4 Å². The molecule has 1 aromatic carbocycles. The second-order valence-electron chi connectivity index (χ2n) is 4.07. The first-order chi connectivity index (χ1) is 8.88. The third-order valence-electron chi connectivity index (χ3n) is 2.73. The lowest BCUT2D eigenvalue weighted by Gasteiger charge is -2.09. The lowest BCUT2D eigenvalue weighted by atomic mass is 9.95. The number of aryl methyl sites for hydroxylation is 1. The van der Waals surface area contributed by atoms with Crippen molar-refractivity contribution in [3.63, 3.8) is 0 Å². The molecule has 0 saturated heterocycles. The average molecular weight is 266 g/mol. The van der Waals surface area contributed by atoms with E-state index >= 15 is 0 Å². The van der Waals surface area contributed by atoms with Crippen LogP contribution in [-0.2, 0) is 6.42 Å². The van der Waals surface area contributed by atoms with Crippen LogP contribution in [0, 0.1) is 0 Å². The van der Waals surface area contributed by atoms with Crippen molar-refractivity contribution in [3.8, 4) is 0 Å². The normalized spacial score (nSPS) is 10.2. The van der Waals surface area contributed by atoms with Crippen LogP contribution in [0.25, 0.3) is 0 Å². The predicted molar refractivity (Wildman–Crippen MR) is 65.9 cm³/mol. The van der Waals surface area contributed by atoms with Crippen LogP contribution in [0.15, 0.2) is 12.1 Å². The lowest BCUT2D eigenvalue weighted by Crippen LogP contribution is -2.13. The molecule has 0 aliphatic heterocycles. The van der Waals surface area contributed by atoms with E-state index in [4.69, 9.17) is 15.3 Å². The van der Waals surface area contributed by atoms with Gasteiger partial charge in [0.15, 0.2) is 0 Å². The first-order valence-electron chi connectivity index (χ1n) is 5.75. The zero-order valence-corrected chi connectivity index (χ0v) is 10.3. The van der Waals surface area contributed by atoms with Crippen LogP contribution >= 0.6 is 0 Å². The molecule has 102 valence electrons. The van der Waals surface area contributed by atoms with E-state index in [1.807, 2.05) is 6.92 Å². The number of carbonyl (C=O) groups is 3. The molecule has 0 aliphatic carbocycles. The number of hydrogen-bond donors (Lipinski definition) is 3. The zero-order chi connectivity index (χ0) is 14.6. The van der Waals surface area contributed by atoms with Gasteiger partial charge < -0.3 is 15.3 Å². The van der Waals surface area contributed by atoms with Gasteiger partial charge >= 0.3 is 17.9 Å². The van der Waals surface area contributed by atoms with Gasteiger partial charge in [0, 0.05) is 0 Å². The highest BCUT2D eigenvalue weighted by molar-refractivity contribution is 6.04. The van der Waals surface area contributed by atoms with Crippen molar-refractivity contribution in [1.82, 2.24) is 0 Å². The number of unbranched alkanes of at least 4 members (excludes halogenated alkanes) is 1. The van der Waals surface area contributed by atoms with Gasteiger partial charge in [-0.25, -0.2) is 14.4 Å². The first kappa shape index (κ1) is 14.7. The van der Waals surface area contributed by atoms with E-state index in [1.165, 1.54) is 0 Å². The molecule has 19 heavy (non-hydrogen) atoms. The molecule has 1 rings (SSSR count). The molecule has 1 aromatic rings. The smallest absolute Gasteiger partial charge is 0.336 e. The second-order valence-corrected chi connectivity index (χ2v) is 4.07. The SMILES string of the molecule is CCCCc1cc(C(=O)O)c(C(=O)O)cc1C(=O)O. The van der Waals surface area contributed by atoms with Crippen LogP contribution in [-0.4, -0.2) is 33.2 Å². The summed E-state index contributed by atoms with van der Waals surface area (Å²) in [5.74, 6) is -4.10. The number of aromatic carboxylic acids is 3. The third kappa shape index (κ3) is 3.31. The quantitative estimate of drug-likeness (QED) is 0.727. The highest BCUT2D eigenvalue weighted by atomic mass is 16.4. The lowest BCUT2D eigenvalue weighted by molar-refractivity contribution is 0.0649. The minimum Gasteiger partial charge on any atom is -0.478 e. The Morgan fingerprint density at radius 3 is 1.79 bits per heavy atom. The Kier molecular flexibility index (Phi) is 4.63. The fourth-order valence-corrected chi connectivity index (χ4v) is 1.77. The van der Waals surface area contributed by atoms with Gasteiger partial charge in [-0.3, -0.25) is 0 Å². The molecule has 0 saturated carbocycles. The van der Waals surface area contributed by atoms with Gasteiger partial charge in [0.05, 0.1) is 16.7 Å². The van der Waals surface area contributed by atoms with Gasteiger partial charge in [-0.05, 0) is 30.5 Å². The molecule has 0 spiro atoms. The van der Waals surface area contributed by atoms with E-state index in [0.717, 1.165) is 18.6 Å². The van der Waals surface area contributed by atoms with Crippen molar-refractivity contribution in [2.24, 2.45) is 0 Å². The third-order valence-corrected chi connectivity index (χ3v) is 2.73. The van der Waals surface area contributed by atoms with E-state index in [9.17, 15) is 14.4 Å². The Morgan fingerprint density at radius 2 is 1.37 bits per heavy atom. The summed E-state index contributed by atoms with van der Waals surface area (Å²) >= 11 is 0. The predicted octanol–water partition coefficient (Wildman–Crippen LogP) is 2.12. The largest absolute Gasteiger partial charge is 0.478 e. The maximum absolute atomic E-state index is 11.1. The summed E-state index contributed by atoms with van der Waals surface area (Å²) in [7, 11) is 0. The second kappa shape index (κ2) is 5.99. The van der Waals surface area contributed by atoms with Gasteiger partial charge in [-0.2, -0.15) is 0 Å². The molecule has 0 aliphatic rings. The molecule has 0 radical (unpaired) electrons. The Hall–Kier alpha value is -2.37. The molecule has 0 amide bonds. The number of carboxylic acid groups (broad SMARTS) is 3. The van der Waals surface area contributed by atoms with Crippen molar-refractivity contribution >= 4 is 17.9 Å². The summed E-state index contributed by atoms with van der Waals surface area (Å²) in [6.07, 6.45) is 1.92. The van der Waals surface area contributed by atoms with E-state index in [1.54, 1.807) is 0 Å². The molecule has 0 unspecified atom stereocenters. The maximum Gasteiger partial charge on any atom is 0.336 e. The summed E-state index contributed by atoms with van der Waals surface area (Å²) in [5.41, 5.74) is -0.707. The molecule has 6 nitrogen and oxygen atoms in total. The summed E-state index contributed by atoms with van der Waals surface area (Å²) in [5, 5.41) is 27.0. The maximum atomic E-state index is 11.1. The van der Waals surface area contributed by atoms with Crippen molar-refractivity contribution in [2.45, 2.75) is 26.2 Å². The fourth-order valence-electron chi connectivity index (χ4n) is 1.77. The Labute approximate surface area is 109 Å². The molecule has 0 heterocycles. The first-order valence-corrected chi connectivity index (χ1v) is 5.75. The Morgan fingerprint density at radius 1 is 0.895 bits per heavy atom. The highest BCUT2D eigenvalue weighted by Gasteiger charge is 2.21. The van der Waals surface area contributed by atoms with Crippen molar-refractivity contribution < 1.29 is 29.7 Å². The van der Waals surface area contributed by atoms with Crippen LogP contribution < -0.4 is 0 Å².